The highest BCUT2D eigenvalue weighted by molar-refractivity contribution is 7.16. The third kappa shape index (κ3) is 5.52. The molecule has 0 saturated heterocycles. The molecule has 2 N–H and O–H groups in total. The molecular weight excluding hydrogens is 429 g/mol. The number of amides is 2. The molecule has 0 bridgehead atoms. The minimum atomic E-state index is -0.376. The highest BCUT2D eigenvalue weighted by Gasteiger charge is 2.06. The van der Waals surface area contributed by atoms with Gasteiger partial charge in [-0.3, -0.25) is 9.59 Å². The lowest BCUT2D eigenvalue weighted by molar-refractivity contribution is -0.121. The summed E-state index contributed by atoms with van der Waals surface area (Å²) in [5.41, 5.74) is 2.33. The monoisotopic (exact) mass is 447 g/mol. The predicted octanol–water partition coefficient (Wildman–Crippen LogP) is 3.90. The number of benzene rings is 2. The number of aromatic nitrogens is 3. The van der Waals surface area contributed by atoms with Gasteiger partial charge in [0.15, 0.2) is 0 Å². The Morgan fingerprint density at radius 3 is 2.53 bits per heavy atom. The van der Waals surface area contributed by atoms with Gasteiger partial charge in [-0.15, -0.1) is 11.3 Å². The average Bonchev–Trinajstić information content (AvgIpc) is 3.50. The van der Waals surface area contributed by atoms with Crippen molar-refractivity contribution in [3.63, 3.8) is 0 Å². The summed E-state index contributed by atoms with van der Waals surface area (Å²) < 4.78 is 14.7. The summed E-state index contributed by atoms with van der Waals surface area (Å²) in [5.74, 6) is -0.997. The lowest BCUT2D eigenvalue weighted by Crippen LogP contribution is -2.31. The molecule has 0 saturated carbocycles. The van der Waals surface area contributed by atoms with Crippen molar-refractivity contribution in [1.82, 2.24) is 20.1 Å². The zero-order valence-corrected chi connectivity index (χ0v) is 17.6. The van der Waals surface area contributed by atoms with Crippen molar-refractivity contribution in [3.05, 3.63) is 90.1 Å². The van der Waals surface area contributed by atoms with E-state index in [9.17, 15) is 14.0 Å². The van der Waals surface area contributed by atoms with E-state index in [1.807, 2.05) is 12.1 Å². The van der Waals surface area contributed by atoms with Crippen LogP contribution < -0.4 is 10.6 Å². The maximum absolute atomic E-state index is 13.1. The quantitative estimate of drug-likeness (QED) is 0.421. The Morgan fingerprint density at radius 1 is 1.03 bits per heavy atom. The first kappa shape index (κ1) is 21.1. The number of thiophene rings is 1. The highest BCUT2D eigenvalue weighted by Crippen LogP contribution is 2.28. The molecule has 4 rings (SSSR count). The molecule has 2 aromatic carbocycles. The van der Waals surface area contributed by atoms with Crippen LogP contribution in [-0.2, 0) is 9.59 Å². The molecule has 0 aliphatic heterocycles. The number of anilines is 1. The maximum atomic E-state index is 13.1. The first-order chi connectivity index (χ1) is 15.6. The third-order valence-electron chi connectivity index (χ3n) is 4.41. The molecule has 0 atom stereocenters. The number of carbonyl (C=O) groups is 2. The molecule has 7 nitrogen and oxygen atoms in total. The fourth-order valence-corrected chi connectivity index (χ4v) is 3.76. The molecule has 2 heterocycles. The van der Waals surface area contributed by atoms with Crippen LogP contribution in [0.25, 0.3) is 22.2 Å². The minimum Gasteiger partial charge on any atom is -0.343 e. The Kier molecular flexibility index (Phi) is 6.47. The van der Waals surface area contributed by atoms with E-state index in [1.165, 1.54) is 35.9 Å². The van der Waals surface area contributed by atoms with Crippen LogP contribution in [0.5, 0.6) is 0 Å². The number of nitrogens with zero attached hydrogens (tertiary/aromatic N) is 3. The van der Waals surface area contributed by atoms with E-state index in [2.05, 4.69) is 20.7 Å². The number of nitrogens with one attached hydrogen (secondary N) is 2. The van der Waals surface area contributed by atoms with E-state index >= 15 is 0 Å². The third-order valence-corrected chi connectivity index (χ3v) is 5.51. The SMILES string of the molecule is O=C(/C=C/c1ccc(-c2ccc(F)cc2)s1)NCC(=O)Nc1ccc(-n2cncn2)cc1. The van der Waals surface area contributed by atoms with Crippen LogP contribution >= 0.6 is 11.3 Å². The van der Waals surface area contributed by atoms with E-state index in [1.54, 1.807) is 53.5 Å². The van der Waals surface area contributed by atoms with Gasteiger partial charge in [0.25, 0.3) is 0 Å². The average molecular weight is 447 g/mol. The van der Waals surface area contributed by atoms with E-state index in [0.717, 1.165) is 21.0 Å². The van der Waals surface area contributed by atoms with Crippen molar-refractivity contribution >= 4 is 34.9 Å². The first-order valence-electron chi connectivity index (χ1n) is 9.63. The lowest BCUT2D eigenvalue weighted by atomic mass is 10.2. The first-order valence-corrected chi connectivity index (χ1v) is 10.4. The van der Waals surface area contributed by atoms with Gasteiger partial charge >= 0.3 is 0 Å². The topological polar surface area (TPSA) is 88.9 Å². The van der Waals surface area contributed by atoms with Gasteiger partial charge in [0, 0.05) is 21.5 Å². The van der Waals surface area contributed by atoms with Crippen LogP contribution in [0.1, 0.15) is 4.88 Å². The number of rotatable bonds is 7. The Labute approximate surface area is 187 Å². The van der Waals surface area contributed by atoms with Crippen molar-refractivity contribution in [2.24, 2.45) is 0 Å². The van der Waals surface area contributed by atoms with Crippen LogP contribution in [0, 0.1) is 5.82 Å². The Balaban J connectivity index is 1.25. The summed E-state index contributed by atoms with van der Waals surface area (Å²) in [6.45, 7) is -0.154. The van der Waals surface area contributed by atoms with Gasteiger partial charge in [-0.25, -0.2) is 14.1 Å². The number of carbonyl (C=O) groups excluding carboxylic acids is 2. The molecule has 2 aromatic heterocycles. The zero-order valence-electron chi connectivity index (χ0n) is 16.7. The zero-order chi connectivity index (χ0) is 22.3. The van der Waals surface area contributed by atoms with Gasteiger partial charge in [0.05, 0.1) is 12.2 Å². The van der Waals surface area contributed by atoms with Crippen molar-refractivity contribution in [1.29, 1.82) is 0 Å². The highest BCUT2D eigenvalue weighted by atomic mass is 32.1. The molecule has 160 valence electrons. The van der Waals surface area contributed by atoms with Gasteiger partial charge in [0.2, 0.25) is 11.8 Å². The normalized spacial score (nSPS) is 10.9. The van der Waals surface area contributed by atoms with E-state index < -0.39 is 0 Å². The summed E-state index contributed by atoms with van der Waals surface area (Å²) in [5, 5.41) is 9.31. The Morgan fingerprint density at radius 2 is 1.81 bits per heavy atom. The van der Waals surface area contributed by atoms with Crippen molar-refractivity contribution in [2.45, 2.75) is 0 Å². The molecule has 0 spiro atoms. The number of hydrogen-bond donors (Lipinski definition) is 2. The Bertz CT molecular complexity index is 1230. The molecule has 32 heavy (non-hydrogen) atoms. The van der Waals surface area contributed by atoms with Gasteiger partial charge in [-0.05, 0) is 60.2 Å². The van der Waals surface area contributed by atoms with E-state index in [0.29, 0.717) is 5.69 Å². The molecule has 0 unspecified atom stereocenters. The van der Waals surface area contributed by atoms with Gasteiger partial charge in [-0.2, -0.15) is 5.10 Å². The van der Waals surface area contributed by atoms with Crippen molar-refractivity contribution < 1.29 is 14.0 Å². The predicted molar refractivity (Wildman–Crippen MR) is 122 cm³/mol. The smallest absolute Gasteiger partial charge is 0.244 e. The summed E-state index contributed by atoms with van der Waals surface area (Å²) in [7, 11) is 0. The standard InChI is InChI=1S/C23H18FN5O2S/c24-17-3-1-16(2-4-17)21-11-9-20(32-21)10-12-22(30)26-13-23(31)28-18-5-7-19(8-6-18)29-15-25-14-27-29/h1-12,14-15H,13H2,(H,26,30)(H,28,31)/b12-10+. The summed E-state index contributed by atoms with van der Waals surface area (Å²) in [4.78, 5) is 29.9. The lowest BCUT2D eigenvalue weighted by Gasteiger charge is -2.07. The maximum Gasteiger partial charge on any atom is 0.244 e. The van der Waals surface area contributed by atoms with E-state index in [4.69, 9.17) is 0 Å². The van der Waals surface area contributed by atoms with Crippen LogP contribution in [0.2, 0.25) is 0 Å². The fourth-order valence-electron chi connectivity index (χ4n) is 2.84. The minimum absolute atomic E-state index is 0.154. The van der Waals surface area contributed by atoms with E-state index in [-0.39, 0.29) is 24.2 Å². The molecule has 9 heteroatoms. The van der Waals surface area contributed by atoms with Gasteiger partial charge in [-0.1, -0.05) is 12.1 Å². The van der Waals surface area contributed by atoms with Crippen LogP contribution in [0.4, 0.5) is 10.1 Å². The van der Waals surface area contributed by atoms with Crippen LogP contribution in [0.3, 0.4) is 0 Å². The fraction of sp³-hybridized carbons (Fsp3) is 0.0435. The number of halogens is 1. The second kappa shape index (κ2) is 9.80. The summed E-state index contributed by atoms with van der Waals surface area (Å²) >= 11 is 1.48. The second-order valence-corrected chi connectivity index (χ2v) is 7.81. The molecule has 0 aliphatic rings. The van der Waals surface area contributed by atoms with Gasteiger partial charge < -0.3 is 10.6 Å². The summed E-state index contributed by atoms with van der Waals surface area (Å²) in [6.07, 6.45) is 6.07. The molecule has 0 aliphatic carbocycles. The Hall–Kier alpha value is -4.11. The molecule has 4 aromatic rings. The molecule has 0 radical (unpaired) electrons. The van der Waals surface area contributed by atoms with Gasteiger partial charge in [0.1, 0.15) is 18.5 Å². The van der Waals surface area contributed by atoms with Crippen molar-refractivity contribution in [3.8, 4) is 16.1 Å². The van der Waals surface area contributed by atoms with Crippen molar-refractivity contribution in [2.75, 3.05) is 11.9 Å². The molecule has 2 amide bonds. The van der Waals surface area contributed by atoms with Crippen LogP contribution in [0.15, 0.2) is 79.4 Å². The molecular formula is C23H18FN5O2S. The summed E-state index contributed by atoms with van der Waals surface area (Å²) in [6, 6.07) is 17.1. The molecule has 0 fully saturated rings. The number of hydrogen-bond acceptors (Lipinski definition) is 5. The largest absolute Gasteiger partial charge is 0.343 e. The van der Waals surface area contributed by atoms with Crippen LogP contribution in [-0.4, -0.2) is 33.1 Å². The second-order valence-electron chi connectivity index (χ2n) is 6.70.